The number of anilines is 1. The Balaban J connectivity index is 1.45. The van der Waals surface area contributed by atoms with Gasteiger partial charge in [-0.05, 0) is 60.4 Å². The smallest absolute Gasteiger partial charge is 0.247 e. The van der Waals surface area contributed by atoms with E-state index in [1.54, 1.807) is 32.6 Å². The number of sulfonamides is 1. The van der Waals surface area contributed by atoms with Crippen molar-refractivity contribution in [2.45, 2.75) is 42.9 Å². The second kappa shape index (κ2) is 11.8. The Bertz CT molecular complexity index is 1530. The van der Waals surface area contributed by atoms with Crippen molar-refractivity contribution < 1.29 is 17.9 Å². The van der Waals surface area contributed by atoms with Gasteiger partial charge in [0.2, 0.25) is 10.0 Å². The molecule has 1 aliphatic heterocycles. The van der Waals surface area contributed by atoms with E-state index >= 15 is 0 Å². The molecule has 0 spiro atoms. The largest absolute Gasteiger partial charge is 0.381 e. The summed E-state index contributed by atoms with van der Waals surface area (Å²) in [5.41, 5.74) is 3.64. The van der Waals surface area contributed by atoms with Crippen molar-refractivity contribution in [2.75, 3.05) is 32.6 Å². The molecule has 1 fully saturated rings. The standard InChI is InChI=1S/C30H34N4O4S/c1-21(23-8-6-9-24(17-23)22-11-14-31-15-12-22)34(2)39(35,36)29-18-25-7-4-5-10-28(25)33-30(29)32-20-27-19-26(37-3)13-16-38-27/h4-12,14-15,17-18,21,26-27H,13,16,19-20H2,1-3H3,(H,32,33)/t21?,26-,27+/m1/s1. The second-order valence-electron chi connectivity index (χ2n) is 9.84. The predicted octanol–water partition coefficient (Wildman–Crippen LogP) is 5.28. The van der Waals surface area contributed by atoms with E-state index in [1.807, 2.05) is 67.6 Å². The number of fused-ring (bicyclic) bond motifs is 1. The van der Waals surface area contributed by atoms with E-state index < -0.39 is 16.1 Å². The molecule has 1 aliphatic rings. The van der Waals surface area contributed by atoms with Gasteiger partial charge in [-0.3, -0.25) is 4.98 Å². The zero-order valence-electron chi connectivity index (χ0n) is 22.4. The van der Waals surface area contributed by atoms with Crippen molar-refractivity contribution in [1.29, 1.82) is 0 Å². The highest BCUT2D eigenvalue weighted by Gasteiger charge is 2.31. The summed E-state index contributed by atoms with van der Waals surface area (Å²) in [4.78, 5) is 8.95. The number of rotatable bonds is 9. The molecule has 0 radical (unpaired) electrons. The Hall–Kier alpha value is -3.37. The van der Waals surface area contributed by atoms with Crippen molar-refractivity contribution in [3.05, 3.63) is 84.7 Å². The molecular weight excluding hydrogens is 512 g/mol. The van der Waals surface area contributed by atoms with Gasteiger partial charge >= 0.3 is 0 Å². The van der Waals surface area contributed by atoms with Crippen LogP contribution in [0.5, 0.6) is 0 Å². The summed E-state index contributed by atoms with van der Waals surface area (Å²) >= 11 is 0. The van der Waals surface area contributed by atoms with Crippen molar-refractivity contribution in [2.24, 2.45) is 0 Å². The highest BCUT2D eigenvalue weighted by atomic mass is 32.2. The topological polar surface area (TPSA) is 93.7 Å². The van der Waals surface area contributed by atoms with Crippen LogP contribution in [0.25, 0.3) is 22.0 Å². The highest BCUT2D eigenvalue weighted by molar-refractivity contribution is 7.89. The van der Waals surface area contributed by atoms with E-state index in [-0.39, 0.29) is 17.1 Å². The summed E-state index contributed by atoms with van der Waals surface area (Å²) in [6, 6.07) is 20.6. The molecule has 1 N–H and O–H groups in total. The zero-order chi connectivity index (χ0) is 27.4. The lowest BCUT2D eigenvalue weighted by Crippen LogP contribution is -2.35. The van der Waals surface area contributed by atoms with Gasteiger partial charge in [0.1, 0.15) is 10.7 Å². The monoisotopic (exact) mass is 546 g/mol. The van der Waals surface area contributed by atoms with Gasteiger partial charge in [0.05, 0.1) is 17.7 Å². The van der Waals surface area contributed by atoms with Gasteiger partial charge in [-0.25, -0.2) is 13.4 Å². The first-order valence-electron chi connectivity index (χ1n) is 13.1. The van der Waals surface area contributed by atoms with E-state index in [4.69, 9.17) is 14.5 Å². The number of para-hydroxylation sites is 1. The van der Waals surface area contributed by atoms with Crippen LogP contribution in [-0.2, 0) is 19.5 Å². The van der Waals surface area contributed by atoms with Gasteiger partial charge in [0.25, 0.3) is 0 Å². The van der Waals surface area contributed by atoms with Crippen molar-refractivity contribution in [3.8, 4) is 11.1 Å². The quantitative estimate of drug-likeness (QED) is 0.305. The molecule has 39 heavy (non-hydrogen) atoms. The van der Waals surface area contributed by atoms with Gasteiger partial charge in [0, 0.05) is 57.6 Å². The molecule has 2 aromatic heterocycles. The molecule has 0 amide bonds. The minimum Gasteiger partial charge on any atom is -0.381 e. The first-order valence-corrected chi connectivity index (χ1v) is 14.6. The average molecular weight is 547 g/mol. The Morgan fingerprint density at radius 3 is 2.67 bits per heavy atom. The van der Waals surface area contributed by atoms with Crippen molar-refractivity contribution in [1.82, 2.24) is 14.3 Å². The van der Waals surface area contributed by atoms with Crippen LogP contribution in [0.4, 0.5) is 5.82 Å². The molecule has 204 valence electrons. The summed E-state index contributed by atoms with van der Waals surface area (Å²) < 4.78 is 41.0. The number of nitrogens with one attached hydrogen (secondary N) is 1. The maximum atomic E-state index is 14.1. The Labute approximate surface area is 230 Å². The molecule has 1 unspecified atom stereocenters. The van der Waals surface area contributed by atoms with E-state index in [1.165, 1.54) is 4.31 Å². The number of benzene rings is 2. The number of methoxy groups -OCH3 is 1. The molecule has 9 heteroatoms. The van der Waals surface area contributed by atoms with Crippen LogP contribution in [0.1, 0.15) is 31.4 Å². The summed E-state index contributed by atoms with van der Waals surface area (Å²) in [7, 11) is -0.597. The van der Waals surface area contributed by atoms with Gasteiger partial charge in [-0.2, -0.15) is 4.31 Å². The van der Waals surface area contributed by atoms with Crippen LogP contribution in [0, 0.1) is 0 Å². The number of hydrogen-bond acceptors (Lipinski definition) is 7. The molecule has 1 saturated heterocycles. The number of ether oxygens (including phenoxy) is 2. The number of pyridine rings is 2. The van der Waals surface area contributed by atoms with Crippen molar-refractivity contribution >= 4 is 26.7 Å². The van der Waals surface area contributed by atoms with E-state index in [0.717, 1.165) is 40.4 Å². The molecule has 8 nitrogen and oxygen atoms in total. The summed E-state index contributed by atoms with van der Waals surface area (Å²) in [5, 5.41) is 4.05. The van der Waals surface area contributed by atoms with Crippen molar-refractivity contribution in [3.63, 3.8) is 0 Å². The normalized spacial score (nSPS) is 18.8. The number of hydrogen-bond donors (Lipinski definition) is 1. The van der Waals surface area contributed by atoms with Gasteiger partial charge in [-0.1, -0.05) is 36.4 Å². The Kier molecular flexibility index (Phi) is 8.23. The lowest BCUT2D eigenvalue weighted by Gasteiger charge is -2.29. The lowest BCUT2D eigenvalue weighted by atomic mass is 10.0. The number of nitrogens with zero attached hydrogens (tertiary/aromatic N) is 3. The Morgan fingerprint density at radius 1 is 1.08 bits per heavy atom. The molecule has 0 aliphatic carbocycles. The average Bonchev–Trinajstić information content (AvgIpc) is 2.99. The first-order chi connectivity index (χ1) is 18.9. The van der Waals surface area contributed by atoms with Crippen LogP contribution in [-0.4, -0.2) is 62.2 Å². The molecule has 4 aromatic rings. The van der Waals surface area contributed by atoms with Crippen LogP contribution >= 0.6 is 0 Å². The number of aromatic nitrogens is 2. The maximum Gasteiger partial charge on any atom is 0.247 e. The van der Waals surface area contributed by atoms with E-state index in [9.17, 15) is 8.42 Å². The van der Waals surface area contributed by atoms with Crippen LogP contribution < -0.4 is 5.32 Å². The molecule has 3 atom stereocenters. The van der Waals surface area contributed by atoms with Crippen LogP contribution in [0.3, 0.4) is 0 Å². The summed E-state index contributed by atoms with van der Waals surface area (Å²) in [6.45, 7) is 2.94. The van der Waals surface area contributed by atoms with E-state index in [0.29, 0.717) is 19.0 Å². The summed E-state index contributed by atoms with van der Waals surface area (Å²) in [5.74, 6) is 0.321. The highest BCUT2D eigenvalue weighted by Crippen LogP contribution is 2.33. The molecular formula is C30H34N4O4S. The van der Waals surface area contributed by atoms with E-state index in [2.05, 4.69) is 10.3 Å². The fourth-order valence-electron chi connectivity index (χ4n) is 4.93. The Morgan fingerprint density at radius 2 is 1.87 bits per heavy atom. The zero-order valence-corrected chi connectivity index (χ0v) is 23.3. The minimum absolute atomic E-state index is 0.0971. The van der Waals surface area contributed by atoms with Crippen LogP contribution in [0.15, 0.2) is 84.0 Å². The summed E-state index contributed by atoms with van der Waals surface area (Å²) in [6.07, 6.45) is 5.12. The SMILES string of the molecule is CO[C@@H]1CCO[C@H](CNc2nc3ccccc3cc2S(=O)(=O)N(C)C(C)c2cccc(-c3ccncc3)c2)C1. The fraction of sp³-hybridized carbons (Fsp3) is 0.333. The molecule has 0 bridgehead atoms. The third kappa shape index (κ3) is 5.96. The minimum atomic E-state index is -3.92. The van der Waals surface area contributed by atoms with Gasteiger partial charge < -0.3 is 14.8 Å². The van der Waals surface area contributed by atoms with Gasteiger partial charge in [-0.15, -0.1) is 0 Å². The lowest BCUT2D eigenvalue weighted by molar-refractivity contribution is -0.0525. The van der Waals surface area contributed by atoms with Crippen LogP contribution in [0.2, 0.25) is 0 Å². The molecule has 5 rings (SSSR count). The predicted molar refractivity (Wildman–Crippen MR) is 153 cm³/mol. The fourth-order valence-corrected chi connectivity index (χ4v) is 6.41. The first kappa shape index (κ1) is 27.2. The molecule has 0 saturated carbocycles. The molecule has 3 heterocycles. The second-order valence-corrected chi connectivity index (χ2v) is 11.8. The third-order valence-corrected chi connectivity index (χ3v) is 9.37. The molecule has 2 aromatic carbocycles. The van der Waals surface area contributed by atoms with Gasteiger partial charge in [0.15, 0.2) is 0 Å². The maximum absolute atomic E-state index is 14.1. The third-order valence-electron chi connectivity index (χ3n) is 7.42.